The van der Waals surface area contributed by atoms with Gasteiger partial charge < -0.3 is 10.0 Å². The number of hydrogen-bond donors (Lipinski definition) is 1. The molecule has 1 fully saturated rings. The minimum atomic E-state index is -0.753. The van der Waals surface area contributed by atoms with Crippen LogP contribution in [0.3, 0.4) is 0 Å². The smallest absolute Gasteiger partial charge is 0.311 e. The molecular formula is C13H18N2O2. The Labute approximate surface area is 101 Å². The molecule has 1 N–H and O–H groups in total. The zero-order chi connectivity index (χ0) is 12.1. The van der Waals surface area contributed by atoms with Crippen LogP contribution in [-0.4, -0.2) is 40.6 Å². The number of carboxylic acid groups (broad SMARTS) is 1. The Bertz CT molecular complexity index is 361. The fraction of sp³-hybridized carbons (Fsp3) is 0.538. The summed E-state index contributed by atoms with van der Waals surface area (Å²) in [4.78, 5) is 17.6. The molecule has 0 radical (unpaired) electrons. The first-order chi connectivity index (χ1) is 8.27. The predicted molar refractivity (Wildman–Crippen MR) is 64.9 cm³/mol. The molecule has 0 saturated carbocycles. The third-order valence-electron chi connectivity index (χ3n) is 3.32. The highest BCUT2D eigenvalue weighted by Gasteiger charge is 2.21. The standard InChI is InChI=1S/C13H18N2O2/c16-13(17)12(11-4-3-6-14-10-11)5-9-15-7-1-2-8-15/h3-4,6,10,12H,1-2,5,7-9H2,(H,16,17). The van der Waals surface area contributed by atoms with E-state index in [-0.39, 0.29) is 0 Å². The van der Waals surface area contributed by atoms with Gasteiger partial charge >= 0.3 is 5.97 Å². The lowest BCUT2D eigenvalue weighted by Gasteiger charge is -2.18. The molecule has 17 heavy (non-hydrogen) atoms. The summed E-state index contributed by atoms with van der Waals surface area (Å²) in [6.45, 7) is 3.09. The predicted octanol–water partition coefficient (Wildman–Crippen LogP) is 1.74. The van der Waals surface area contributed by atoms with E-state index in [1.165, 1.54) is 12.8 Å². The van der Waals surface area contributed by atoms with E-state index in [0.29, 0.717) is 6.42 Å². The molecule has 1 aromatic rings. The second-order valence-corrected chi connectivity index (χ2v) is 4.51. The molecular weight excluding hydrogens is 216 g/mol. The van der Waals surface area contributed by atoms with Crippen LogP contribution in [0, 0.1) is 0 Å². The van der Waals surface area contributed by atoms with Crippen LogP contribution in [0.4, 0.5) is 0 Å². The molecule has 1 aliphatic heterocycles. The van der Waals surface area contributed by atoms with Gasteiger partial charge in [0.2, 0.25) is 0 Å². The lowest BCUT2D eigenvalue weighted by atomic mass is 9.97. The normalized spacial score (nSPS) is 18.1. The molecule has 1 atom stereocenters. The number of carboxylic acids is 1. The van der Waals surface area contributed by atoms with Crippen LogP contribution in [-0.2, 0) is 4.79 Å². The van der Waals surface area contributed by atoms with Gasteiger partial charge in [-0.05, 0) is 50.5 Å². The van der Waals surface area contributed by atoms with Gasteiger partial charge in [0.05, 0.1) is 5.92 Å². The van der Waals surface area contributed by atoms with E-state index in [0.717, 1.165) is 25.2 Å². The molecule has 4 nitrogen and oxygen atoms in total. The maximum absolute atomic E-state index is 11.3. The lowest BCUT2D eigenvalue weighted by molar-refractivity contribution is -0.139. The number of nitrogens with zero attached hydrogens (tertiary/aromatic N) is 2. The van der Waals surface area contributed by atoms with Crippen molar-refractivity contribution in [2.45, 2.75) is 25.2 Å². The molecule has 0 bridgehead atoms. The zero-order valence-electron chi connectivity index (χ0n) is 9.88. The van der Waals surface area contributed by atoms with Crippen molar-refractivity contribution in [3.05, 3.63) is 30.1 Å². The number of likely N-dealkylation sites (tertiary alicyclic amines) is 1. The van der Waals surface area contributed by atoms with Gasteiger partial charge in [0, 0.05) is 12.4 Å². The Morgan fingerprint density at radius 1 is 1.47 bits per heavy atom. The molecule has 92 valence electrons. The molecule has 0 aliphatic carbocycles. The molecule has 2 rings (SSSR count). The van der Waals surface area contributed by atoms with Crippen molar-refractivity contribution in [1.29, 1.82) is 0 Å². The van der Waals surface area contributed by atoms with Crippen molar-refractivity contribution in [3.63, 3.8) is 0 Å². The van der Waals surface area contributed by atoms with E-state index >= 15 is 0 Å². The number of hydrogen-bond acceptors (Lipinski definition) is 3. The van der Waals surface area contributed by atoms with Crippen molar-refractivity contribution in [1.82, 2.24) is 9.88 Å². The fourth-order valence-corrected chi connectivity index (χ4v) is 2.33. The SMILES string of the molecule is O=C(O)C(CCN1CCCC1)c1cccnc1. The van der Waals surface area contributed by atoms with Gasteiger partial charge in [-0.2, -0.15) is 0 Å². The van der Waals surface area contributed by atoms with Crippen LogP contribution < -0.4 is 0 Å². The minimum Gasteiger partial charge on any atom is -0.481 e. The van der Waals surface area contributed by atoms with Crippen LogP contribution in [0.25, 0.3) is 0 Å². The van der Waals surface area contributed by atoms with E-state index in [4.69, 9.17) is 0 Å². The summed E-state index contributed by atoms with van der Waals surface area (Å²) in [6.07, 6.45) is 6.47. The molecule has 4 heteroatoms. The van der Waals surface area contributed by atoms with E-state index in [9.17, 15) is 9.90 Å². The Morgan fingerprint density at radius 2 is 2.24 bits per heavy atom. The molecule has 2 heterocycles. The third kappa shape index (κ3) is 3.27. The Morgan fingerprint density at radius 3 is 2.82 bits per heavy atom. The molecule has 1 unspecified atom stereocenters. The molecule has 1 aromatic heterocycles. The Kier molecular flexibility index (Phi) is 4.09. The van der Waals surface area contributed by atoms with Gasteiger partial charge in [0.15, 0.2) is 0 Å². The van der Waals surface area contributed by atoms with Crippen LogP contribution in [0.5, 0.6) is 0 Å². The van der Waals surface area contributed by atoms with Gasteiger partial charge in [0.1, 0.15) is 0 Å². The zero-order valence-corrected chi connectivity index (χ0v) is 9.88. The summed E-state index contributed by atoms with van der Waals surface area (Å²) < 4.78 is 0. The van der Waals surface area contributed by atoms with E-state index in [1.807, 2.05) is 6.07 Å². The quantitative estimate of drug-likeness (QED) is 0.843. The molecule has 0 amide bonds. The first-order valence-corrected chi connectivity index (χ1v) is 6.12. The summed E-state index contributed by atoms with van der Waals surface area (Å²) >= 11 is 0. The number of carbonyl (C=O) groups is 1. The van der Waals surface area contributed by atoms with Crippen molar-refractivity contribution < 1.29 is 9.90 Å². The highest BCUT2D eigenvalue weighted by molar-refractivity contribution is 5.75. The van der Waals surface area contributed by atoms with E-state index in [2.05, 4.69) is 9.88 Å². The number of aromatic nitrogens is 1. The van der Waals surface area contributed by atoms with Gasteiger partial charge in [-0.3, -0.25) is 9.78 Å². The lowest BCUT2D eigenvalue weighted by Crippen LogP contribution is -2.24. The molecule has 1 saturated heterocycles. The van der Waals surface area contributed by atoms with Gasteiger partial charge in [-0.1, -0.05) is 6.07 Å². The number of rotatable bonds is 5. The maximum Gasteiger partial charge on any atom is 0.311 e. The van der Waals surface area contributed by atoms with Crippen LogP contribution in [0.2, 0.25) is 0 Å². The Balaban J connectivity index is 1.95. The molecule has 0 spiro atoms. The van der Waals surface area contributed by atoms with Crippen LogP contribution >= 0.6 is 0 Å². The van der Waals surface area contributed by atoms with Gasteiger partial charge in [-0.15, -0.1) is 0 Å². The first-order valence-electron chi connectivity index (χ1n) is 6.12. The van der Waals surface area contributed by atoms with E-state index < -0.39 is 11.9 Å². The summed E-state index contributed by atoms with van der Waals surface area (Å²) in [5.41, 5.74) is 0.805. The van der Waals surface area contributed by atoms with Crippen molar-refractivity contribution in [3.8, 4) is 0 Å². The third-order valence-corrected chi connectivity index (χ3v) is 3.32. The van der Waals surface area contributed by atoms with E-state index in [1.54, 1.807) is 18.5 Å². The summed E-state index contributed by atoms with van der Waals surface area (Å²) in [5, 5.41) is 9.25. The fourth-order valence-electron chi connectivity index (χ4n) is 2.33. The summed E-state index contributed by atoms with van der Waals surface area (Å²) in [5.74, 6) is -1.18. The second kappa shape index (κ2) is 5.77. The average Bonchev–Trinajstić information content (AvgIpc) is 2.83. The highest BCUT2D eigenvalue weighted by atomic mass is 16.4. The minimum absolute atomic E-state index is 0.427. The second-order valence-electron chi connectivity index (χ2n) is 4.51. The maximum atomic E-state index is 11.3. The monoisotopic (exact) mass is 234 g/mol. The summed E-state index contributed by atoms with van der Waals surface area (Å²) in [6, 6.07) is 3.64. The largest absolute Gasteiger partial charge is 0.481 e. The molecule has 0 aromatic carbocycles. The van der Waals surface area contributed by atoms with Crippen molar-refractivity contribution in [2.24, 2.45) is 0 Å². The highest BCUT2D eigenvalue weighted by Crippen LogP contribution is 2.20. The Hall–Kier alpha value is -1.42. The van der Waals surface area contributed by atoms with Gasteiger partial charge in [0.25, 0.3) is 0 Å². The number of pyridine rings is 1. The molecule has 1 aliphatic rings. The van der Waals surface area contributed by atoms with Crippen molar-refractivity contribution >= 4 is 5.97 Å². The summed E-state index contributed by atoms with van der Waals surface area (Å²) in [7, 11) is 0. The van der Waals surface area contributed by atoms with Crippen LogP contribution in [0.15, 0.2) is 24.5 Å². The topological polar surface area (TPSA) is 53.4 Å². The number of aliphatic carboxylic acids is 1. The van der Waals surface area contributed by atoms with Crippen molar-refractivity contribution in [2.75, 3.05) is 19.6 Å². The van der Waals surface area contributed by atoms with Gasteiger partial charge in [-0.25, -0.2) is 0 Å². The van der Waals surface area contributed by atoms with Crippen LogP contribution in [0.1, 0.15) is 30.7 Å². The average molecular weight is 234 g/mol. The first kappa shape index (κ1) is 12.0.